The van der Waals surface area contributed by atoms with Gasteiger partial charge in [-0.2, -0.15) is 4.37 Å². The molecule has 2 rings (SSSR count). The van der Waals surface area contributed by atoms with Crippen molar-refractivity contribution in [2.75, 3.05) is 36.1 Å². The molecule has 0 spiro atoms. The van der Waals surface area contributed by atoms with E-state index in [9.17, 15) is 19.2 Å². The number of nitrogen functional groups attached to an aromatic ring is 1. The van der Waals surface area contributed by atoms with Crippen LogP contribution in [0.15, 0.2) is 9.59 Å². The van der Waals surface area contributed by atoms with Crippen molar-refractivity contribution in [2.24, 2.45) is 0 Å². The van der Waals surface area contributed by atoms with E-state index < -0.39 is 29.7 Å². The summed E-state index contributed by atoms with van der Waals surface area (Å²) in [4.78, 5) is 54.0. The highest BCUT2D eigenvalue weighted by molar-refractivity contribution is 7.10. The summed E-state index contributed by atoms with van der Waals surface area (Å²) in [5.41, 5.74) is 5.46. The molecule has 0 fully saturated rings. The minimum absolute atomic E-state index is 0.0799. The molecular weight excluding hydrogens is 448 g/mol. The van der Waals surface area contributed by atoms with E-state index in [2.05, 4.69) is 14.7 Å². The van der Waals surface area contributed by atoms with E-state index in [0.29, 0.717) is 30.1 Å². The maximum absolute atomic E-state index is 13.1. The highest BCUT2D eigenvalue weighted by atomic mass is 32.1. The summed E-state index contributed by atoms with van der Waals surface area (Å²) in [6.07, 6.45) is 3.83. The van der Waals surface area contributed by atoms with Gasteiger partial charge in [-0.1, -0.05) is 33.1 Å². The molecule has 0 saturated carbocycles. The first-order valence-corrected chi connectivity index (χ1v) is 11.8. The number of rotatable bonds is 12. The lowest BCUT2D eigenvalue weighted by Gasteiger charge is -2.24. The second-order valence-electron chi connectivity index (χ2n) is 7.55. The van der Waals surface area contributed by atoms with Crippen molar-refractivity contribution in [2.45, 2.75) is 59.4 Å². The van der Waals surface area contributed by atoms with Gasteiger partial charge in [-0.15, -0.1) is 0 Å². The first-order chi connectivity index (χ1) is 15.8. The lowest BCUT2D eigenvalue weighted by atomic mass is 10.2. The highest BCUT2D eigenvalue weighted by Crippen LogP contribution is 2.25. The van der Waals surface area contributed by atoms with E-state index in [1.807, 2.05) is 13.8 Å². The van der Waals surface area contributed by atoms with E-state index in [-0.39, 0.29) is 23.6 Å². The van der Waals surface area contributed by atoms with Crippen LogP contribution in [0.1, 0.15) is 62.0 Å². The van der Waals surface area contributed by atoms with Crippen molar-refractivity contribution < 1.29 is 14.3 Å². The topological polar surface area (TPSA) is 152 Å². The Balaban J connectivity index is 2.33. The quantitative estimate of drug-likeness (QED) is 0.308. The van der Waals surface area contributed by atoms with Crippen LogP contribution in [0.3, 0.4) is 0 Å². The summed E-state index contributed by atoms with van der Waals surface area (Å²) >= 11 is 1.12. The van der Waals surface area contributed by atoms with Crippen LogP contribution in [0.25, 0.3) is 0 Å². The van der Waals surface area contributed by atoms with Gasteiger partial charge in [-0.3, -0.25) is 19.1 Å². The molecule has 0 aliphatic heterocycles. The molecule has 0 aromatic carbocycles. The van der Waals surface area contributed by atoms with Crippen LogP contribution in [0.4, 0.5) is 16.5 Å². The number of unbranched alkanes of at least 4 members (excludes halogenated alkanes) is 3. The maximum Gasteiger partial charge on any atom is 0.343 e. The molecule has 0 radical (unpaired) electrons. The fourth-order valence-electron chi connectivity index (χ4n) is 3.32. The number of hydrogen-bond acceptors (Lipinski definition) is 9. The fraction of sp³-hybridized carbons (Fsp3) is 0.571. The number of H-pyrrole nitrogens is 1. The molecule has 182 valence electrons. The second-order valence-corrected chi connectivity index (χ2v) is 8.32. The second kappa shape index (κ2) is 12.2. The molecule has 33 heavy (non-hydrogen) atoms. The average molecular weight is 481 g/mol. The summed E-state index contributed by atoms with van der Waals surface area (Å²) in [6, 6.07) is 0. The van der Waals surface area contributed by atoms with Gasteiger partial charge in [-0.25, -0.2) is 9.59 Å². The molecule has 2 heterocycles. The number of nitrogens with two attached hydrogens (primary N) is 1. The third-order valence-corrected chi connectivity index (χ3v) is 6.08. The Morgan fingerprint density at radius 3 is 2.55 bits per heavy atom. The zero-order valence-electron chi connectivity index (χ0n) is 19.5. The van der Waals surface area contributed by atoms with Crippen LogP contribution in [0.2, 0.25) is 0 Å². The molecule has 0 bridgehead atoms. The van der Waals surface area contributed by atoms with Crippen molar-refractivity contribution in [3.63, 3.8) is 0 Å². The largest absolute Gasteiger partial charge is 0.452 e. The number of hydrogen-bond donors (Lipinski definition) is 3. The van der Waals surface area contributed by atoms with Crippen LogP contribution in [-0.4, -0.2) is 46.0 Å². The molecule has 11 nitrogen and oxygen atoms in total. The monoisotopic (exact) mass is 480 g/mol. The number of aryl methyl sites for hydroxylation is 1. The lowest BCUT2D eigenvalue weighted by molar-refractivity contribution is -0.121. The van der Waals surface area contributed by atoms with Crippen molar-refractivity contribution in [1.29, 1.82) is 0 Å². The molecular formula is C21H32N6O5S. The summed E-state index contributed by atoms with van der Waals surface area (Å²) < 4.78 is 10.6. The number of amides is 1. The molecule has 0 aliphatic carbocycles. The van der Waals surface area contributed by atoms with Crippen LogP contribution in [-0.2, 0) is 16.1 Å². The predicted molar refractivity (Wildman–Crippen MR) is 129 cm³/mol. The molecule has 0 aliphatic rings. The van der Waals surface area contributed by atoms with Crippen LogP contribution < -0.4 is 27.2 Å². The molecule has 0 unspecified atom stereocenters. The Morgan fingerprint density at radius 1 is 1.21 bits per heavy atom. The predicted octanol–water partition coefficient (Wildman–Crippen LogP) is 2.11. The number of carbonyl (C=O) groups excluding carboxylic acids is 2. The smallest absolute Gasteiger partial charge is 0.343 e. The Bertz CT molecular complexity index is 1090. The van der Waals surface area contributed by atoms with Crippen molar-refractivity contribution >= 4 is 39.9 Å². The Morgan fingerprint density at radius 2 is 1.91 bits per heavy atom. The molecule has 4 N–H and O–H groups in total. The zero-order chi connectivity index (χ0) is 24.5. The zero-order valence-corrected chi connectivity index (χ0v) is 20.3. The van der Waals surface area contributed by atoms with Gasteiger partial charge in [0, 0.05) is 20.1 Å². The van der Waals surface area contributed by atoms with Crippen LogP contribution >= 0.6 is 11.5 Å². The van der Waals surface area contributed by atoms with Crippen LogP contribution in [0.5, 0.6) is 0 Å². The van der Waals surface area contributed by atoms with Crippen molar-refractivity contribution in [3.8, 4) is 0 Å². The summed E-state index contributed by atoms with van der Waals surface area (Å²) in [7, 11) is 1.66. The summed E-state index contributed by atoms with van der Waals surface area (Å²) in [6.45, 7) is 5.57. The van der Waals surface area contributed by atoms with E-state index in [4.69, 9.17) is 10.5 Å². The van der Waals surface area contributed by atoms with Gasteiger partial charge >= 0.3 is 11.7 Å². The average Bonchev–Trinajstić information content (AvgIpc) is 3.16. The third-order valence-electron chi connectivity index (χ3n) is 5.13. The number of nitrogens with one attached hydrogen (secondary N) is 2. The summed E-state index contributed by atoms with van der Waals surface area (Å²) in [5.74, 6) is -1.38. The Hall–Kier alpha value is -3.15. The molecule has 0 saturated heterocycles. The number of carbonyl (C=O) groups is 2. The SMILES string of the molecule is CCCCCN(C(=O)COC(=O)c1c(C)nsc1NC)c1c(N)n(CCCC)c(=O)[nH]c1=O. The lowest BCUT2D eigenvalue weighted by Crippen LogP contribution is -2.43. The van der Waals surface area contributed by atoms with Crippen LogP contribution in [0, 0.1) is 6.92 Å². The summed E-state index contributed by atoms with van der Waals surface area (Å²) in [5, 5.41) is 3.41. The first-order valence-electron chi connectivity index (χ1n) is 11.0. The molecule has 0 atom stereocenters. The number of esters is 1. The number of ether oxygens (including phenoxy) is 1. The minimum atomic E-state index is -0.753. The van der Waals surface area contributed by atoms with Gasteiger partial charge in [0.15, 0.2) is 12.3 Å². The Kier molecular flexibility index (Phi) is 9.64. The number of anilines is 3. The standard InChI is InChI=1S/C21H32N6O5S/c1-5-7-9-11-26(16-17(22)27(10-8-6-2)21(31)24-18(16)29)14(28)12-32-20(30)15-13(3)25-33-19(15)23-4/h23H,5-12,22H2,1-4H3,(H,24,29,31). The number of aromatic nitrogens is 3. The number of aromatic amines is 1. The molecule has 1 amide bonds. The molecule has 2 aromatic heterocycles. The highest BCUT2D eigenvalue weighted by Gasteiger charge is 2.26. The van der Waals surface area contributed by atoms with Crippen molar-refractivity contribution in [1.82, 2.24) is 13.9 Å². The first kappa shape index (κ1) is 26.1. The van der Waals surface area contributed by atoms with E-state index >= 15 is 0 Å². The van der Waals surface area contributed by atoms with Gasteiger partial charge in [0.05, 0.1) is 5.69 Å². The Labute approximate surface area is 196 Å². The third kappa shape index (κ3) is 6.21. The normalized spacial score (nSPS) is 10.8. The van der Waals surface area contributed by atoms with Gasteiger partial charge < -0.3 is 20.7 Å². The maximum atomic E-state index is 13.1. The number of nitrogens with zero attached hydrogens (tertiary/aromatic N) is 3. The van der Waals surface area contributed by atoms with E-state index in [1.165, 1.54) is 9.47 Å². The van der Waals surface area contributed by atoms with Gasteiger partial charge in [0.25, 0.3) is 11.5 Å². The van der Waals surface area contributed by atoms with Gasteiger partial charge in [0.1, 0.15) is 16.4 Å². The van der Waals surface area contributed by atoms with E-state index in [0.717, 1.165) is 30.8 Å². The van der Waals surface area contributed by atoms with Gasteiger partial charge in [-0.05, 0) is 31.3 Å². The van der Waals surface area contributed by atoms with E-state index in [1.54, 1.807) is 14.0 Å². The van der Waals surface area contributed by atoms with Crippen molar-refractivity contribution in [3.05, 3.63) is 32.1 Å². The minimum Gasteiger partial charge on any atom is -0.452 e. The molecule has 12 heteroatoms. The fourth-order valence-corrected chi connectivity index (χ4v) is 4.05. The molecule has 2 aromatic rings. The van der Waals surface area contributed by atoms with Gasteiger partial charge in [0.2, 0.25) is 0 Å².